The zero-order valence-corrected chi connectivity index (χ0v) is 10.6. The molecule has 2 heterocycles. The summed E-state index contributed by atoms with van der Waals surface area (Å²) in [5.74, 6) is 0.403. The lowest BCUT2D eigenvalue weighted by molar-refractivity contribution is -0.137. The summed E-state index contributed by atoms with van der Waals surface area (Å²) >= 11 is 7.05. The summed E-state index contributed by atoms with van der Waals surface area (Å²) in [5, 5.41) is 16.4. The molecule has 3 N–H and O–H groups in total. The van der Waals surface area contributed by atoms with Crippen molar-refractivity contribution in [2.45, 2.75) is 43.0 Å². The maximum atomic E-state index is 10.4. The molecule has 0 amide bonds. The van der Waals surface area contributed by atoms with Crippen LogP contribution in [-0.2, 0) is 4.79 Å². The number of carboxylic acids is 1. The first kappa shape index (κ1) is 12.0. The third-order valence-corrected chi connectivity index (χ3v) is 4.81. The van der Waals surface area contributed by atoms with Gasteiger partial charge in [0.25, 0.3) is 0 Å². The van der Waals surface area contributed by atoms with Gasteiger partial charge in [0, 0.05) is 17.4 Å². The summed E-state index contributed by atoms with van der Waals surface area (Å²) in [7, 11) is 0. The van der Waals surface area contributed by atoms with Gasteiger partial charge < -0.3 is 15.7 Å². The molecule has 0 spiro atoms. The molecule has 0 bridgehead atoms. The quantitative estimate of drug-likeness (QED) is 0.506. The Morgan fingerprint density at radius 3 is 3.06 bits per heavy atom. The van der Waals surface area contributed by atoms with E-state index < -0.39 is 5.97 Å². The molecule has 6 heteroatoms. The number of unbranched alkanes of at least 4 members (excludes halogenated alkanes) is 1. The van der Waals surface area contributed by atoms with Gasteiger partial charge in [-0.15, -0.1) is 0 Å². The number of rotatable bonds is 5. The standard InChI is InChI=1S/C10H16N2O2S2/c13-8(14)4-2-1-3-7-9-6(5-16-7)11-10(15)12-9/h6-7,9H,1-5H2,(H,13,14)(H2,11,12,15)/t6?,7-,9-/m0/s1. The molecule has 0 aromatic carbocycles. The fraction of sp³-hybridized carbons (Fsp3) is 0.800. The summed E-state index contributed by atoms with van der Waals surface area (Å²) < 4.78 is 0. The van der Waals surface area contributed by atoms with Crippen LogP contribution in [-0.4, -0.2) is 39.3 Å². The minimum Gasteiger partial charge on any atom is -0.481 e. The highest BCUT2D eigenvalue weighted by Crippen LogP contribution is 2.33. The molecule has 1 unspecified atom stereocenters. The van der Waals surface area contributed by atoms with Crippen LogP contribution in [0.15, 0.2) is 0 Å². The first-order valence-corrected chi connectivity index (χ1v) is 7.03. The Morgan fingerprint density at radius 2 is 2.31 bits per heavy atom. The van der Waals surface area contributed by atoms with Gasteiger partial charge in [0.1, 0.15) is 0 Å². The highest BCUT2D eigenvalue weighted by Gasteiger charge is 2.41. The van der Waals surface area contributed by atoms with Gasteiger partial charge in [-0.1, -0.05) is 6.42 Å². The predicted molar refractivity (Wildman–Crippen MR) is 68.8 cm³/mol. The molecule has 0 saturated carbocycles. The molecule has 0 aromatic rings. The molecule has 2 aliphatic heterocycles. The number of nitrogens with one attached hydrogen (secondary N) is 2. The summed E-state index contributed by atoms with van der Waals surface area (Å²) in [6.07, 6.45) is 3.13. The molecule has 3 atom stereocenters. The van der Waals surface area contributed by atoms with E-state index in [2.05, 4.69) is 10.6 Å². The summed E-state index contributed by atoms with van der Waals surface area (Å²) in [6, 6.07) is 0.921. The van der Waals surface area contributed by atoms with Crippen molar-refractivity contribution < 1.29 is 9.90 Å². The number of hydrogen-bond acceptors (Lipinski definition) is 3. The van der Waals surface area contributed by atoms with Crippen molar-refractivity contribution in [3.63, 3.8) is 0 Å². The largest absolute Gasteiger partial charge is 0.481 e. The van der Waals surface area contributed by atoms with E-state index in [9.17, 15) is 4.79 Å². The van der Waals surface area contributed by atoms with E-state index in [-0.39, 0.29) is 6.42 Å². The number of hydrogen-bond donors (Lipinski definition) is 3. The minimum atomic E-state index is -0.696. The lowest BCUT2D eigenvalue weighted by Gasteiger charge is -2.16. The Bertz CT molecular complexity index is 299. The second kappa shape index (κ2) is 5.23. The molecule has 16 heavy (non-hydrogen) atoms. The number of carboxylic acid groups (broad SMARTS) is 1. The third kappa shape index (κ3) is 2.79. The molecule has 90 valence electrons. The van der Waals surface area contributed by atoms with E-state index in [0.717, 1.165) is 30.1 Å². The Balaban J connectivity index is 1.70. The van der Waals surface area contributed by atoms with Gasteiger partial charge in [0.2, 0.25) is 0 Å². The van der Waals surface area contributed by atoms with Gasteiger partial charge in [0.05, 0.1) is 12.1 Å². The number of aliphatic carboxylic acids is 1. The molecule has 4 nitrogen and oxygen atoms in total. The number of thioether (sulfide) groups is 1. The fourth-order valence-electron chi connectivity index (χ4n) is 2.26. The van der Waals surface area contributed by atoms with Gasteiger partial charge in [-0.05, 0) is 25.1 Å². The minimum absolute atomic E-state index is 0.287. The van der Waals surface area contributed by atoms with Crippen molar-refractivity contribution in [1.29, 1.82) is 0 Å². The van der Waals surface area contributed by atoms with E-state index in [1.807, 2.05) is 11.8 Å². The molecule has 2 aliphatic rings. The molecular formula is C10H16N2O2S2. The second-order valence-electron chi connectivity index (χ2n) is 4.26. The van der Waals surface area contributed by atoms with Crippen molar-refractivity contribution in [3.8, 4) is 0 Å². The summed E-state index contributed by atoms with van der Waals surface area (Å²) in [6.45, 7) is 0. The molecular weight excluding hydrogens is 244 g/mol. The molecule has 2 fully saturated rings. The first-order valence-electron chi connectivity index (χ1n) is 5.57. The molecule has 2 rings (SSSR count). The Morgan fingerprint density at radius 1 is 1.50 bits per heavy atom. The number of fused-ring (bicyclic) bond motifs is 1. The number of carbonyl (C=O) groups is 1. The fourth-order valence-corrected chi connectivity index (χ4v) is 4.10. The van der Waals surface area contributed by atoms with Crippen LogP contribution in [0.3, 0.4) is 0 Å². The average molecular weight is 260 g/mol. The summed E-state index contributed by atoms with van der Waals surface area (Å²) in [4.78, 5) is 10.4. The van der Waals surface area contributed by atoms with Crippen LogP contribution in [0.4, 0.5) is 0 Å². The maximum Gasteiger partial charge on any atom is 0.303 e. The monoisotopic (exact) mass is 260 g/mol. The lowest BCUT2D eigenvalue weighted by Crippen LogP contribution is -2.36. The van der Waals surface area contributed by atoms with Gasteiger partial charge in [-0.3, -0.25) is 4.79 Å². The van der Waals surface area contributed by atoms with Crippen molar-refractivity contribution in [1.82, 2.24) is 10.6 Å². The first-order chi connectivity index (χ1) is 7.66. The van der Waals surface area contributed by atoms with Crippen LogP contribution in [0.25, 0.3) is 0 Å². The SMILES string of the molecule is O=C(O)CCCC[C@@H]1SCC2NC(=S)N[C@@H]21. The zero-order chi connectivity index (χ0) is 11.5. The van der Waals surface area contributed by atoms with Gasteiger partial charge in [-0.2, -0.15) is 11.8 Å². The normalized spacial score (nSPS) is 32.0. The average Bonchev–Trinajstić information content (AvgIpc) is 2.72. The molecule has 0 radical (unpaired) electrons. The van der Waals surface area contributed by atoms with Crippen LogP contribution in [0.1, 0.15) is 25.7 Å². The van der Waals surface area contributed by atoms with E-state index in [1.165, 1.54) is 0 Å². The van der Waals surface area contributed by atoms with E-state index >= 15 is 0 Å². The number of thiocarbonyl (C=S) groups is 1. The molecule has 2 saturated heterocycles. The highest BCUT2D eigenvalue weighted by molar-refractivity contribution is 8.00. The van der Waals surface area contributed by atoms with Gasteiger partial charge >= 0.3 is 5.97 Å². The van der Waals surface area contributed by atoms with E-state index in [0.29, 0.717) is 17.3 Å². The van der Waals surface area contributed by atoms with Crippen LogP contribution in [0.5, 0.6) is 0 Å². The van der Waals surface area contributed by atoms with Crippen molar-refractivity contribution >= 4 is 35.1 Å². The van der Waals surface area contributed by atoms with Gasteiger partial charge in [0.15, 0.2) is 5.11 Å². The van der Waals surface area contributed by atoms with E-state index in [1.54, 1.807) is 0 Å². The predicted octanol–water partition coefficient (Wildman–Crippen LogP) is 0.962. The van der Waals surface area contributed by atoms with Crippen LogP contribution >= 0.6 is 24.0 Å². The molecule has 0 aromatic heterocycles. The molecule has 0 aliphatic carbocycles. The highest BCUT2D eigenvalue weighted by atomic mass is 32.2. The van der Waals surface area contributed by atoms with Crippen molar-refractivity contribution in [2.24, 2.45) is 0 Å². The van der Waals surface area contributed by atoms with Crippen molar-refractivity contribution in [2.75, 3.05) is 5.75 Å². The third-order valence-electron chi connectivity index (χ3n) is 3.07. The van der Waals surface area contributed by atoms with E-state index in [4.69, 9.17) is 17.3 Å². The lowest BCUT2D eigenvalue weighted by atomic mass is 10.0. The topological polar surface area (TPSA) is 61.4 Å². The van der Waals surface area contributed by atoms with Crippen LogP contribution < -0.4 is 10.6 Å². The van der Waals surface area contributed by atoms with Crippen LogP contribution in [0, 0.1) is 0 Å². The van der Waals surface area contributed by atoms with Crippen molar-refractivity contribution in [3.05, 3.63) is 0 Å². The maximum absolute atomic E-state index is 10.4. The van der Waals surface area contributed by atoms with Crippen LogP contribution in [0.2, 0.25) is 0 Å². The van der Waals surface area contributed by atoms with Gasteiger partial charge in [-0.25, -0.2) is 0 Å². The Kier molecular flexibility index (Phi) is 3.91. The zero-order valence-electron chi connectivity index (χ0n) is 8.94. The summed E-state index contributed by atoms with van der Waals surface area (Å²) in [5.41, 5.74) is 0. The Hall–Kier alpha value is -0.490. The Labute approximate surface area is 105 Å². The smallest absolute Gasteiger partial charge is 0.303 e. The second-order valence-corrected chi connectivity index (χ2v) is 5.94.